The quantitative estimate of drug-likeness (QED) is 0.687. The number of aromatic nitrogens is 4. The van der Waals surface area contributed by atoms with Gasteiger partial charge in [0.05, 0.1) is 18.9 Å². The zero-order valence-electron chi connectivity index (χ0n) is 20.1. The number of urea groups is 1. The smallest absolute Gasteiger partial charge is 0.317 e. The molecule has 0 spiro atoms. The van der Waals surface area contributed by atoms with Gasteiger partial charge in [-0.15, -0.1) is 0 Å². The molecule has 1 atom stereocenters. The van der Waals surface area contributed by atoms with Gasteiger partial charge >= 0.3 is 6.03 Å². The summed E-state index contributed by atoms with van der Waals surface area (Å²) in [5, 5.41) is 3.08. The van der Waals surface area contributed by atoms with E-state index in [0.29, 0.717) is 25.7 Å². The number of ether oxygens (including phenoxy) is 1. The van der Waals surface area contributed by atoms with Crippen LogP contribution in [0.1, 0.15) is 32.8 Å². The van der Waals surface area contributed by atoms with Crippen molar-refractivity contribution in [1.29, 1.82) is 0 Å². The van der Waals surface area contributed by atoms with Crippen LogP contribution in [0, 0.1) is 0 Å². The number of rotatable bonds is 3. The number of carbonyl (C=O) groups excluding carboxylic acids is 1. The van der Waals surface area contributed by atoms with Crippen LogP contribution in [0.5, 0.6) is 0 Å². The molecule has 2 aromatic rings. The van der Waals surface area contributed by atoms with Gasteiger partial charge in [-0.1, -0.05) is 0 Å². The van der Waals surface area contributed by atoms with Crippen LogP contribution in [0.2, 0.25) is 0 Å². The molecule has 0 radical (unpaired) electrons. The maximum absolute atomic E-state index is 12.7. The lowest BCUT2D eigenvalue weighted by Gasteiger charge is -2.30. The van der Waals surface area contributed by atoms with Gasteiger partial charge in [0, 0.05) is 67.8 Å². The molecule has 0 aliphatic carbocycles. The number of nitrogens with two attached hydrogens (primary N) is 1. The van der Waals surface area contributed by atoms with E-state index < -0.39 is 0 Å². The molecule has 3 aliphatic heterocycles. The average Bonchev–Trinajstić information content (AvgIpc) is 3.46. The minimum absolute atomic E-state index is 0.00849. The number of likely N-dealkylation sites (tertiary alicyclic amines) is 1. The molecule has 0 aromatic carbocycles. The number of nitrogens with zero attached hydrogens (tertiary/aromatic N) is 7. The molecule has 2 fully saturated rings. The second-order valence-corrected chi connectivity index (χ2v) is 10.1. The standard InChI is InChI=1S/C23H33N9O2/c1-23(2,3)29-22(33)31-6-4-16(14-31)32-7-5-17-18(15-12-25-20(24)26-13-15)27-21(28-19(17)32)30-8-10-34-11-9-30/h12-13,16H,4-11,14H2,1-3H3,(H,29,33)(H2,24,25,26)/t16-/m0/s1. The Hall–Kier alpha value is -3.21. The van der Waals surface area contributed by atoms with E-state index in [2.05, 4.69) is 25.1 Å². The number of fused-ring (bicyclic) bond motifs is 1. The third-order valence-corrected chi connectivity index (χ3v) is 6.46. The highest BCUT2D eigenvalue weighted by Crippen LogP contribution is 2.37. The first kappa shape index (κ1) is 22.6. The lowest BCUT2D eigenvalue weighted by Crippen LogP contribution is -2.48. The second kappa shape index (κ2) is 8.86. The van der Waals surface area contributed by atoms with Gasteiger partial charge in [0.15, 0.2) is 0 Å². The first-order chi connectivity index (χ1) is 16.3. The Bertz CT molecular complexity index is 1050. The molecule has 0 saturated carbocycles. The van der Waals surface area contributed by atoms with Crippen molar-refractivity contribution in [2.24, 2.45) is 0 Å². The summed E-state index contributed by atoms with van der Waals surface area (Å²) in [6.45, 7) is 11.1. The van der Waals surface area contributed by atoms with Gasteiger partial charge < -0.3 is 30.5 Å². The van der Waals surface area contributed by atoms with Crippen molar-refractivity contribution in [3.05, 3.63) is 18.0 Å². The molecule has 3 N–H and O–H groups in total. The Morgan fingerprint density at radius 3 is 2.56 bits per heavy atom. The zero-order valence-corrected chi connectivity index (χ0v) is 20.1. The normalized spacial score (nSPS) is 20.6. The molecule has 2 amide bonds. The van der Waals surface area contributed by atoms with Crippen molar-refractivity contribution in [3.63, 3.8) is 0 Å². The van der Waals surface area contributed by atoms with Gasteiger partial charge in [-0.25, -0.2) is 19.7 Å². The van der Waals surface area contributed by atoms with E-state index in [1.807, 2.05) is 25.7 Å². The van der Waals surface area contributed by atoms with Crippen LogP contribution in [0.25, 0.3) is 11.3 Å². The molecule has 2 saturated heterocycles. The summed E-state index contributed by atoms with van der Waals surface area (Å²) < 4.78 is 5.53. The number of nitrogen functional groups attached to an aromatic ring is 1. The maximum Gasteiger partial charge on any atom is 0.317 e. The van der Waals surface area contributed by atoms with Crippen molar-refractivity contribution in [3.8, 4) is 11.3 Å². The van der Waals surface area contributed by atoms with E-state index in [4.69, 9.17) is 20.4 Å². The molecule has 3 aliphatic rings. The van der Waals surface area contributed by atoms with E-state index in [0.717, 1.165) is 61.7 Å². The summed E-state index contributed by atoms with van der Waals surface area (Å²) in [4.78, 5) is 37.5. The van der Waals surface area contributed by atoms with Crippen molar-refractivity contribution in [1.82, 2.24) is 30.2 Å². The summed E-state index contributed by atoms with van der Waals surface area (Å²) in [6.07, 6.45) is 5.20. The van der Waals surface area contributed by atoms with Crippen molar-refractivity contribution in [2.45, 2.75) is 45.2 Å². The molecule has 182 valence electrons. The van der Waals surface area contributed by atoms with Crippen LogP contribution in [-0.4, -0.2) is 88.4 Å². The monoisotopic (exact) mass is 467 g/mol. The van der Waals surface area contributed by atoms with Crippen LogP contribution in [0.15, 0.2) is 12.4 Å². The lowest BCUT2D eigenvalue weighted by atomic mass is 10.1. The van der Waals surface area contributed by atoms with E-state index in [9.17, 15) is 4.79 Å². The molecule has 5 heterocycles. The predicted octanol–water partition coefficient (Wildman–Crippen LogP) is 1.30. The summed E-state index contributed by atoms with van der Waals surface area (Å²) >= 11 is 0. The first-order valence-electron chi connectivity index (χ1n) is 11.9. The Labute approximate surface area is 199 Å². The first-order valence-corrected chi connectivity index (χ1v) is 11.9. The molecular formula is C23H33N9O2. The van der Waals surface area contributed by atoms with Crippen molar-refractivity contribution in [2.75, 3.05) is 61.5 Å². The molecule has 0 unspecified atom stereocenters. The Morgan fingerprint density at radius 1 is 1.12 bits per heavy atom. The van der Waals surface area contributed by atoms with Gasteiger partial charge in [-0.2, -0.15) is 4.98 Å². The Kier molecular flexibility index (Phi) is 5.88. The van der Waals surface area contributed by atoms with Crippen molar-refractivity contribution >= 4 is 23.7 Å². The van der Waals surface area contributed by atoms with Gasteiger partial charge in [-0.05, 0) is 33.6 Å². The van der Waals surface area contributed by atoms with Gasteiger partial charge in [0.1, 0.15) is 5.82 Å². The third kappa shape index (κ3) is 4.56. The number of hydrogen-bond acceptors (Lipinski definition) is 9. The van der Waals surface area contributed by atoms with Crippen molar-refractivity contribution < 1.29 is 9.53 Å². The van der Waals surface area contributed by atoms with Crippen LogP contribution in [0.3, 0.4) is 0 Å². The van der Waals surface area contributed by atoms with Crippen LogP contribution >= 0.6 is 0 Å². The number of carbonyl (C=O) groups is 1. The van der Waals surface area contributed by atoms with Crippen LogP contribution in [-0.2, 0) is 11.2 Å². The largest absolute Gasteiger partial charge is 0.378 e. The molecule has 0 bridgehead atoms. The third-order valence-electron chi connectivity index (χ3n) is 6.46. The summed E-state index contributed by atoms with van der Waals surface area (Å²) in [6, 6.07) is 0.209. The number of anilines is 3. The molecule has 34 heavy (non-hydrogen) atoms. The number of morpholine rings is 1. The highest BCUT2D eigenvalue weighted by atomic mass is 16.5. The topological polar surface area (TPSA) is 126 Å². The summed E-state index contributed by atoms with van der Waals surface area (Å²) in [5.74, 6) is 1.89. The second-order valence-electron chi connectivity index (χ2n) is 10.1. The van der Waals surface area contributed by atoms with E-state index in [-0.39, 0.29) is 23.6 Å². The Balaban J connectivity index is 1.45. The minimum Gasteiger partial charge on any atom is -0.378 e. The van der Waals surface area contributed by atoms with Gasteiger partial charge in [0.2, 0.25) is 11.9 Å². The van der Waals surface area contributed by atoms with E-state index in [1.54, 1.807) is 12.4 Å². The number of nitrogens with one attached hydrogen (secondary N) is 1. The SMILES string of the molecule is CC(C)(C)NC(=O)N1CC[C@H](N2CCc3c(-c4cnc(N)nc4)nc(N4CCOCC4)nc32)C1. The average molecular weight is 468 g/mol. The fourth-order valence-corrected chi connectivity index (χ4v) is 4.81. The Morgan fingerprint density at radius 2 is 1.85 bits per heavy atom. The van der Waals surface area contributed by atoms with Crippen LogP contribution < -0.4 is 20.9 Å². The molecular weight excluding hydrogens is 434 g/mol. The van der Waals surface area contributed by atoms with Gasteiger partial charge in [-0.3, -0.25) is 0 Å². The predicted molar refractivity (Wildman–Crippen MR) is 130 cm³/mol. The fourth-order valence-electron chi connectivity index (χ4n) is 4.81. The summed E-state index contributed by atoms with van der Waals surface area (Å²) in [7, 11) is 0. The van der Waals surface area contributed by atoms with E-state index >= 15 is 0 Å². The van der Waals surface area contributed by atoms with Gasteiger partial charge in [0.25, 0.3) is 0 Å². The summed E-state index contributed by atoms with van der Waals surface area (Å²) in [5.41, 5.74) is 8.25. The fraction of sp³-hybridized carbons (Fsp3) is 0.609. The van der Waals surface area contributed by atoms with Crippen LogP contribution in [0.4, 0.5) is 22.5 Å². The molecule has 2 aromatic heterocycles. The minimum atomic E-state index is -0.258. The molecule has 11 nitrogen and oxygen atoms in total. The maximum atomic E-state index is 12.7. The highest BCUT2D eigenvalue weighted by Gasteiger charge is 2.37. The molecule has 5 rings (SSSR count). The number of amides is 2. The molecule has 11 heteroatoms. The lowest BCUT2D eigenvalue weighted by molar-refractivity contribution is 0.122. The van der Waals surface area contributed by atoms with E-state index in [1.165, 1.54) is 0 Å². The zero-order chi connectivity index (χ0) is 23.9. The highest BCUT2D eigenvalue weighted by molar-refractivity contribution is 5.76. The number of hydrogen-bond donors (Lipinski definition) is 2.